The number of rotatable bonds is 22. The fourth-order valence-electron chi connectivity index (χ4n) is 5.78. The molecule has 328 valence electrons. The zero-order valence-corrected chi connectivity index (χ0v) is 37.4. The summed E-state index contributed by atoms with van der Waals surface area (Å²) in [6, 6.07) is 31.3. The van der Waals surface area contributed by atoms with Gasteiger partial charge in [0.05, 0.1) is 14.2 Å². The normalized spacial score (nSPS) is 11.0. The second-order valence-electron chi connectivity index (χ2n) is 15.3. The maximum atomic E-state index is 5.85. The first-order valence-electron chi connectivity index (χ1n) is 20.7. The first-order chi connectivity index (χ1) is 30.1. The highest BCUT2D eigenvalue weighted by molar-refractivity contribution is 5.65. The lowest BCUT2D eigenvalue weighted by molar-refractivity contribution is 0.222. The molecule has 0 aliphatic carbocycles. The minimum Gasteiger partial charge on any atom is -0.497 e. The highest BCUT2D eigenvalue weighted by Gasteiger charge is 2.06. The van der Waals surface area contributed by atoms with E-state index in [2.05, 4.69) is 92.5 Å². The van der Waals surface area contributed by atoms with Crippen LogP contribution in [0.25, 0.3) is 22.3 Å². The lowest BCUT2D eigenvalue weighted by atomic mass is 10.1. The smallest absolute Gasteiger partial charge is 0.227 e. The predicted octanol–water partition coefficient (Wildman–Crippen LogP) is 7.54. The Morgan fingerprint density at radius 1 is 0.387 bits per heavy atom. The zero-order valence-electron chi connectivity index (χ0n) is 37.4. The van der Waals surface area contributed by atoms with Crippen LogP contribution >= 0.6 is 0 Å². The Bertz CT molecular complexity index is 1980. The number of methoxy groups -OCH3 is 2. The summed E-state index contributed by atoms with van der Waals surface area (Å²) in [7, 11) is 15.9. The molecule has 6 rings (SSSR count). The third-order valence-corrected chi connectivity index (χ3v) is 9.71. The SMILES string of the molecule is COc1ccc(-c2cnc(Nc3ccc(OCCN(C)CCN(C)C)cc3)nc2)cc1.COc1ccc(-c2cnc(Nc3ccc(OCCN(C)CCN(C)C)cc3)nc2)cc1. The van der Waals surface area contributed by atoms with Crippen molar-refractivity contribution in [2.24, 2.45) is 0 Å². The van der Waals surface area contributed by atoms with E-state index in [1.807, 2.05) is 97.1 Å². The van der Waals surface area contributed by atoms with Crippen molar-refractivity contribution in [1.82, 2.24) is 39.5 Å². The first-order valence-corrected chi connectivity index (χ1v) is 20.7. The van der Waals surface area contributed by atoms with Gasteiger partial charge >= 0.3 is 0 Å². The monoisotopic (exact) mass is 842 g/mol. The average molecular weight is 843 g/mol. The molecule has 4 aromatic carbocycles. The minimum absolute atomic E-state index is 0.549. The molecule has 0 spiro atoms. The third-order valence-electron chi connectivity index (χ3n) is 9.71. The van der Waals surface area contributed by atoms with Gasteiger partial charge in [-0.25, -0.2) is 19.9 Å². The summed E-state index contributed by atoms with van der Waals surface area (Å²) in [5, 5.41) is 6.44. The van der Waals surface area contributed by atoms with Crippen LogP contribution in [0, 0.1) is 0 Å². The number of nitrogens with one attached hydrogen (secondary N) is 2. The van der Waals surface area contributed by atoms with Crippen LogP contribution in [0.5, 0.6) is 23.0 Å². The Kier molecular flexibility index (Phi) is 18.7. The van der Waals surface area contributed by atoms with E-state index < -0.39 is 0 Å². The topological polar surface area (TPSA) is 126 Å². The predicted molar refractivity (Wildman–Crippen MR) is 251 cm³/mol. The van der Waals surface area contributed by atoms with Gasteiger partial charge in [0.1, 0.15) is 36.2 Å². The Morgan fingerprint density at radius 2 is 0.710 bits per heavy atom. The Labute approximate surface area is 367 Å². The van der Waals surface area contributed by atoms with E-state index in [0.29, 0.717) is 25.1 Å². The molecule has 0 saturated carbocycles. The van der Waals surface area contributed by atoms with Crippen molar-refractivity contribution in [2.45, 2.75) is 0 Å². The molecule has 14 heteroatoms. The van der Waals surface area contributed by atoms with Gasteiger partial charge in [0.15, 0.2) is 0 Å². The van der Waals surface area contributed by atoms with Gasteiger partial charge in [0.25, 0.3) is 0 Å². The summed E-state index contributed by atoms with van der Waals surface area (Å²) in [4.78, 5) is 26.6. The standard InChI is InChI=1S/2C24H31N5O2/c2*1-28(2)13-14-29(3)15-16-31-23-11-7-21(8-12-23)27-24-25-17-20(18-26-24)19-5-9-22(30-4)10-6-19/h2*5-12,17-18H,13-16H2,1-4H3,(H,25,26,27). The molecular weight excluding hydrogens is 781 g/mol. The second-order valence-corrected chi connectivity index (χ2v) is 15.3. The lowest BCUT2D eigenvalue weighted by Crippen LogP contribution is -2.31. The van der Waals surface area contributed by atoms with E-state index in [1.165, 1.54) is 0 Å². The summed E-state index contributed by atoms with van der Waals surface area (Å²) in [6.45, 7) is 7.23. The Balaban J connectivity index is 0.000000234. The number of benzene rings is 4. The molecule has 2 aromatic heterocycles. The van der Waals surface area contributed by atoms with Crippen LogP contribution in [0.1, 0.15) is 0 Å². The molecule has 0 aliphatic heterocycles. The van der Waals surface area contributed by atoms with E-state index in [9.17, 15) is 0 Å². The van der Waals surface area contributed by atoms with Gasteiger partial charge in [-0.3, -0.25) is 0 Å². The zero-order chi connectivity index (χ0) is 44.1. The minimum atomic E-state index is 0.549. The van der Waals surface area contributed by atoms with Gasteiger partial charge in [-0.05, 0) is 126 Å². The lowest BCUT2D eigenvalue weighted by Gasteiger charge is -2.19. The molecular formula is C48H62N10O4. The van der Waals surface area contributed by atoms with Crippen LogP contribution in [0.3, 0.4) is 0 Å². The van der Waals surface area contributed by atoms with Crippen LogP contribution in [0.15, 0.2) is 122 Å². The number of hydrogen-bond acceptors (Lipinski definition) is 14. The molecule has 0 unspecified atom stereocenters. The van der Waals surface area contributed by atoms with Crippen molar-refractivity contribution < 1.29 is 18.9 Å². The molecule has 14 nitrogen and oxygen atoms in total. The molecule has 0 amide bonds. The molecule has 0 fully saturated rings. The fourth-order valence-corrected chi connectivity index (χ4v) is 5.78. The molecule has 0 saturated heterocycles. The van der Waals surface area contributed by atoms with Gasteiger partial charge in [0.2, 0.25) is 11.9 Å². The number of aromatic nitrogens is 4. The summed E-state index contributed by atoms with van der Waals surface area (Å²) >= 11 is 0. The van der Waals surface area contributed by atoms with Crippen molar-refractivity contribution in [2.75, 3.05) is 120 Å². The van der Waals surface area contributed by atoms with Crippen molar-refractivity contribution >= 4 is 23.3 Å². The molecule has 62 heavy (non-hydrogen) atoms. The van der Waals surface area contributed by atoms with Crippen molar-refractivity contribution in [3.63, 3.8) is 0 Å². The number of nitrogens with zero attached hydrogens (tertiary/aromatic N) is 8. The maximum Gasteiger partial charge on any atom is 0.227 e. The molecule has 2 heterocycles. The van der Waals surface area contributed by atoms with E-state index in [1.54, 1.807) is 39.0 Å². The van der Waals surface area contributed by atoms with Crippen LogP contribution in [-0.2, 0) is 0 Å². The summed E-state index contributed by atoms with van der Waals surface area (Å²) in [6.07, 6.45) is 7.23. The number of anilines is 4. The van der Waals surface area contributed by atoms with Gasteiger partial charge in [-0.15, -0.1) is 0 Å². The van der Waals surface area contributed by atoms with Crippen LogP contribution in [0.4, 0.5) is 23.3 Å². The molecule has 0 aliphatic rings. The number of likely N-dealkylation sites (N-methyl/N-ethyl adjacent to an activating group) is 4. The van der Waals surface area contributed by atoms with Crippen molar-refractivity contribution in [1.29, 1.82) is 0 Å². The highest BCUT2D eigenvalue weighted by Crippen LogP contribution is 2.25. The van der Waals surface area contributed by atoms with E-state index in [4.69, 9.17) is 18.9 Å². The Morgan fingerprint density at radius 3 is 1.02 bits per heavy atom. The van der Waals surface area contributed by atoms with Gasteiger partial charge in [-0.1, -0.05) is 24.3 Å². The summed E-state index contributed by atoms with van der Waals surface area (Å²) in [5.41, 5.74) is 5.81. The molecule has 0 radical (unpaired) electrons. The van der Waals surface area contributed by atoms with Gasteiger partial charge in [0, 0.05) is 86.6 Å². The maximum absolute atomic E-state index is 5.85. The van der Waals surface area contributed by atoms with Crippen LogP contribution in [-0.4, -0.2) is 149 Å². The van der Waals surface area contributed by atoms with Gasteiger partial charge in [-0.2, -0.15) is 0 Å². The first kappa shape index (κ1) is 46.7. The van der Waals surface area contributed by atoms with E-state index in [-0.39, 0.29) is 0 Å². The third kappa shape index (κ3) is 16.3. The Hall–Kier alpha value is -6.32. The van der Waals surface area contributed by atoms with Crippen LogP contribution < -0.4 is 29.6 Å². The summed E-state index contributed by atoms with van der Waals surface area (Å²) < 4.78 is 22.1. The fraction of sp³-hybridized carbons (Fsp3) is 0.333. The quantitative estimate of drug-likeness (QED) is 0.0700. The largest absolute Gasteiger partial charge is 0.497 e. The number of hydrogen-bond donors (Lipinski definition) is 2. The molecule has 0 atom stereocenters. The van der Waals surface area contributed by atoms with E-state index >= 15 is 0 Å². The van der Waals surface area contributed by atoms with Crippen molar-refractivity contribution in [3.8, 4) is 45.3 Å². The molecule has 2 N–H and O–H groups in total. The average Bonchev–Trinajstić information content (AvgIpc) is 3.29. The summed E-state index contributed by atoms with van der Waals surface area (Å²) in [5.74, 6) is 4.45. The highest BCUT2D eigenvalue weighted by atomic mass is 16.5. The number of ether oxygens (including phenoxy) is 4. The molecule has 0 bridgehead atoms. The second kappa shape index (κ2) is 24.8. The van der Waals surface area contributed by atoms with Crippen LogP contribution in [0.2, 0.25) is 0 Å². The van der Waals surface area contributed by atoms with E-state index in [0.717, 1.165) is 95.9 Å². The molecule has 6 aromatic rings. The van der Waals surface area contributed by atoms with Crippen molar-refractivity contribution in [3.05, 3.63) is 122 Å². The van der Waals surface area contributed by atoms with Gasteiger partial charge < -0.3 is 49.2 Å².